The number of carbonyl (C=O) groups is 1. The first-order chi connectivity index (χ1) is 7.66. The lowest BCUT2D eigenvalue weighted by molar-refractivity contribution is -0.108. The zero-order chi connectivity index (χ0) is 12.0. The van der Waals surface area contributed by atoms with Crippen LogP contribution in [0.5, 0.6) is 5.75 Å². The fraction of sp³-hybridized carbons (Fsp3) is 0.357. The standard InChI is InChI=1S/C14H18O2/c1-4-14(2,10-5-11-15)12-6-8-13(16-3)9-7-12/h4,6-9,11H,1,5,10H2,2-3H3. The summed E-state index contributed by atoms with van der Waals surface area (Å²) < 4.78 is 5.11. The van der Waals surface area contributed by atoms with Gasteiger partial charge in [0.05, 0.1) is 7.11 Å². The highest BCUT2D eigenvalue weighted by Crippen LogP contribution is 2.30. The molecule has 86 valence electrons. The molecule has 1 aromatic carbocycles. The Balaban J connectivity index is 2.93. The molecule has 0 aromatic heterocycles. The summed E-state index contributed by atoms with van der Waals surface area (Å²) in [6.07, 6.45) is 4.18. The molecule has 2 heteroatoms. The van der Waals surface area contributed by atoms with Gasteiger partial charge >= 0.3 is 0 Å². The Hall–Kier alpha value is -1.57. The summed E-state index contributed by atoms with van der Waals surface area (Å²) in [7, 11) is 1.65. The van der Waals surface area contributed by atoms with Crippen molar-refractivity contribution >= 4 is 6.29 Å². The number of hydrogen-bond acceptors (Lipinski definition) is 2. The zero-order valence-corrected chi connectivity index (χ0v) is 9.90. The maximum atomic E-state index is 10.4. The van der Waals surface area contributed by atoms with Gasteiger partial charge in [0.15, 0.2) is 0 Å². The van der Waals surface area contributed by atoms with Gasteiger partial charge in [0.25, 0.3) is 0 Å². The van der Waals surface area contributed by atoms with Gasteiger partial charge in [-0.15, -0.1) is 6.58 Å². The van der Waals surface area contributed by atoms with E-state index in [-0.39, 0.29) is 5.41 Å². The lowest BCUT2D eigenvalue weighted by atomic mass is 9.79. The molecule has 2 nitrogen and oxygen atoms in total. The first kappa shape index (κ1) is 12.5. The topological polar surface area (TPSA) is 26.3 Å². The normalized spacial score (nSPS) is 13.9. The van der Waals surface area contributed by atoms with Crippen molar-refractivity contribution in [1.82, 2.24) is 0 Å². The third-order valence-electron chi connectivity index (χ3n) is 2.98. The molecule has 0 saturated carbocycles. The van der Waals surface area contributed by atoms with E-state index in [1.807, 2.05) is 30.3 Å². The minimum Gasteiger partial charge on any atom is -0.497 e. The van der Waals surface area contributed by atoms with Gasteiger partial charge in [-0.25, -0.2) is 0 Å². The van der Waals surface area contributed by atoms with Gasteiger partial charge in [0.2, 0.25) is 0 Å². The molecule has 0 fully saturated rings. The van der Waals surface area contributed by atoms with E-state index < -0.39 is 0 Å². The number of ether oxygens (including phenoxy) is 1. The Bertz CT molecular complexity index is 354. The minimum atomic E-state index is -0.146. The summed E-state index contributed by atoms with van der Waals surface area (Å²) in [5.41, 5.74) is 1.01. The second kappa shape index (κ2) is 5.50. The largest absolute Gasteiger partial charge is 0.497 e. The number of carbonyl (C=O) groups excluding carboxylic acids is 1. The van der Waals surface area contributed by atoms with E-state index in [1.165, 1.54) is 0 Å². The van der Waals surface area contributed by atoms with Crippen LogP contribution in [-0.4, -0.2) is 13.4 Å². The number of benzene rings is 1. The van der Waals surface area contributed by atoms with Crippen molar-refractivity contribution in [1.29, 1.82) is 0 Å². The number of aldehydes is 1. The summed E-state index contributed by atoms with van der Waals surface area (Å²) in [6.45, 7) is 5.95. The van der Waals surface area contributed by atoms with Crippen LogP contribution in [0.25, 0.3) is 0 Å². The average Bonchev–Trinajstić information content (AvgIpc) is 2.36. The summed E-state index contributed by atoms with van der Waals surface area (Å²) in [5, 5.41) is 0. The van der Waals surface area contributed by atoms with E-state index in [2.05, 4.69) is 13.5 Å². The quantitative estimate of drug-likeness (QED) is 0.541. The van der Waals surface area contributed by atoms with Crippen LogP contribution in [0, 0.1) is 0 Å². The number of rotatable bonds is 6. The predicted molar refractivity (Wildman–Crippen MR) is 65.8 cm³/mol. The average molecular weight is 218 g/mol. The Morgan fingerprint density at radius 2 is 2.00 bits per heavy atom. The van der Waals surface area contributed by atoms with Crippen molar-refractivity contribution in [2.24, 2.45) is 0 Å². The molecular formula is C14H18O2. The highest BCUT2D eigenvalue weighted by atomic mass is 16.5. The summed E-state index contributed by atoms with van der Waals surface area (Å²) >= 11 is 0. The third kappa shape index (κ3) is 2.72. The van der Waals surface area contributed by atoms with Crippen LogP contribution in [0.4, 0.5) is 0 Å². The van der Waals surface area contributed by atoms with Crippen molar-refractivity contribution in [2.45, 2.75) is 25.2 Å². The van der Waals surface area contributed by atoms with E-state index in [9.17, 15) is 4.79 Å². The second-order valence-electron chi connectivity index (χ2n) is 4.06. The van der Waals surface area contributed by atoms with Crippen LogP contribution in [0.3, 0.4) is 0 Å². The van der Waals surface area contributed by atoms with Gasteiger partial charge in [-0.3, -0.25) is 0 Å². The smallest absolute Gasteiger partial charge is 0.120 e. The molecule has 0 heterocycles. The lowest BCUT2D eigenvalue weighted by Crippen LogP contribution is -2.18. The predicted octanol–water partition coefficient (Wildman–Crippen LogP) is 3.12. The van der Waals surface area contributed by atoms with Gasteiger partial charge in [-0.1, -0.05) is 25.1 Å². The molecule has 0 bridgehead atoms. The molecule has 0 amide bonds. The molecular weight excluding hydrogens is 200 g/mol. The van der Waals surface area contributed by atoms with Crippen molar-refractivity contribution < 1.29 is 9.53 Å². The van der Waals surface area contributed by atoms with Gasteiger partial charge in [-0.2, -0.15) is 0 Å². The summed E-state index contributed by atoms with van der Waals surface area (Å²) in [6, 6.07) is 7.90. The summed E-state index contributed by atoms with van der Waals surface area (Å²) in [5.74, 6) is 0.838. The van der Waals surface area contributed by atoms with Crippen LogP contribution in [0.15, 0.2) is 36.9 Å². The fourth-order valence-corrected chi connectivity index (χ4v) is 1.69. The van der Waals surface area contributed by atoms with Crippen molar-refractivity contribution in [3.63, 3.8) is 0 Å². The highest BCUT2D eigenvalue weighted by molar-refractivity contribution is 5.50. The van der Waals surface area contributed by atoms with Gasteiger partial charge in [-0.05, 0) is 24.1 Å². The maximum Gasteiger partial charge on any atom is 0.120 e. The van der Waals surface area contributed by atoms with E-state index in [1.54, 1.807) is 7.11 Å². The van der Waals surface area contributed by atoms with Crippen LogP contribution in [-0.2, 0) is 10.2 Å². The minimum absolute atomic E-state index is 0.146. The monoisotopic (exact) mass is 218 g/mol. The highest BCUT2D eigenvalue weighted by Gasteiger charge is 2.22. The number of hydrogen-bond donors (Lipinski definition) is 0. The Kier molecular flexibility index (Phi) is 4.29. The molecule has 0 N–H and O–H groups in total. The van der Waals surface area contributed by atoms with Crippen LogP contribution < -0.4 is 4.74 Å². The number of allylic oxidation sites excluding steroid dienone is 1. The SMILES string of the molecule is C=CC(C)(CCC=O)c1ccc(OC)cc1. The molecule has 0 radical (unpaired) electrons. The Morgan fingerprint density at radius 1 is 1.38 bits per heavy atom. The fourth-order valence-electron chi connectivity index (χ4n) is 1.69. The second-order valence-corrected chi connectivity index (χ2v) is 4.06. The van der Waals surface area contributed by atoms with E-state index in [0.29, 0.717) is 6.42 Å². The lowest BCUT2D eigenvalue weighted by Gasteiger charge is -2.25. The first-order valence-corrected chi connectivity index (χ1v) is 5.38. The first-order valence-electron chi connectivity index (χ1n) is 5.38. The molecule has 0 spiro atoms. The molecule has 1 rings (SSSR count). The third-order valence-corrected chi connectivity index (χ3v) is 2.98. The van der Waals surface area contributed by atoms with Gasteiger partial charge < -0.3 is 9.53 Å². The van der Waals surface area contributed by atoms with Crippen molar-refractivity contribution in [2.75, 3.05) is 7.11 Å². The van der Waals surface area contributed by atoms with Crippen LogP contribution in [0.2, 0.25) is 0 Å². The Labute approximate surface area is 96.9 Å². The maximum absolute atomic E-state index is 10.4. The van der Waals surface area contributed by atoms with Crippen LogP contribution >= 0.6 is 0 Å². The van der Waals surface area contributed by atoms with E-state index in [4.69, 9.17) is 4.74 Å². The summed E-state index contributed by atoms with van der Waals surface area (Å²) in [4.78, 5) is 10.4. The van der Waals surface area contributed by atoms with E-state index >= 15 is 0 Å². The number of methoxy groups -OCH3 is 1. The molecule has 16 heavy (non-hydrogen) atoms. The van der Waals surface area contributed by atoms with Crippen LogP contribution in [0.1, 0.15) is 25.3 Å². The Morgan fingerprint density at radius 3 is 2.44 bits per heavy atom. The van der Waals surface area contributed by atoms with Gasteiger partial charge in [0.1, 0.15) is 12.0 Å². The molecule has 0 saturated heterocycles. The molecule has 0 aliphatic carbocycles. The molecule has 1 unspecified atom stereocenters. The zero-order valence-electron chi connectivity index (χ0n) is 9.90. The molecule has 0 aliphatic rings. The van der Waals surface area contributed by atoms with Crippen molar-refractivity contribution in [3.8, 4) is 5.75 Å². The van der Waals surface area contributed by atoms with Gasteiger partial charge in [0, 0.05) is 11.8 Å². The molecule has 1 atom stereocenters. The molecule has 0 aliphatic heterocycles. The molecule has 1 aromatic rings. The van der Waals surface area contributed by atoms with E-state index in [0.717, 1.165) is 24.0 Å². The van der Waals surface area contributed by atoms with Crippen molar-refractivity contribution in [3.05, 3.63) is 42.5 Å².